The fraction of sp³-hybridized carbons (Fsp3) is 0.188. The van der Waals surface area contributed by atoms with E-state index in [1.165, 1.54) is 12.1 Å². The number of hydrogen-bond donors (Lipinski definition) is 1. The number of sulfone groups is 1. The van der Waals surface area contributed by atoms with E-state index in [9.17, 15) is 13.5 Å². The Morgan fingerprint density at radius 3 is 2.50 bits per heavy atom. The average molecular weight is 316 g/mol. The predicted molar refractivity (Wildman–Crippen MR) is 84.2 cm³/mol. The van der Waals surface area contributed by atoms with Gasteiger partial charge >= 0.3 is 0 Å². The van der Waals surface area contributed by atoms with Crippen molar-refractivity contribution in [1.29, 1.82) is 0 Å². The van der Waals surface area contributed by atoms with E-state index in [0.29, 0.717) is 12.1 Å². The highest BCUT2D eigenvalue weighted by Gasteiger charge is 2.12. The van der Waals surface area contributed by atoms with Crippen LogP contribution in [0.15, 0.2) is 59.8 Å². The highest BCUT2D eigenvalue weighted by Crippen LogP contribution is 2.20. The van der Waals surface area contributed by atoms with E-state index < -0.39 is 15.9 Å². The molecule has 0 saturated heterocycles. The topological polar surface area (TPSA) is 72.2 Å². The molecule has 0 aliphatic carbocycles. The lowest BCUT2D eigenvalue weighted by molar-refractivity contribution is 0.158. The van der Waals surface area contributed by atoms with Crippen molar-refractivity contribution in [3.8, 4) is 0 Å². The second kappa shape index (κ2) is 5.55. The Bertz CT molecular complexity index is 899. The molecule has 0 saturated carbocycles. The minimum Gasteiger partial charge on any atom is -0.387 e. The third-order valence-corrected chi connectivity index (χ3v) is 4.72. The Labute approximate surface area is 128 Å². The first kappa shape index (κ1) is 14.7. The van der Waals surface area contributed by atoms with Gasteiger partial charge in [-0.3, -0.25) is 0 Å². The third kappa shape index (κ3) is 2.88. The van der Waals surface area contributed by atoms with E-state index in [1.807, 2.05) is 28.8 Å². The molecule has 2 aromatic carbocycles. The van der Waals surface area contributed by atoms with Crippen LogP contribution in [0.1, 0.15) is 11.7 Å². The summed E-state index contributed by atoms with van der Waals surface area (Å²) in [7, 11) is -3.22. The van der Waals surface area contributed by atoms with E-state index in [1.54, 1.807) is 18.5 Å². The summed E-state index contributed by atoms with van der Waals surface area (Å²) in [6.45, 7) is 0.360. The number of fused-ring (bicyclic) bond motifs is 1. The Morgan fingerprint density at radius 2 is 1.82 bits per heavy atom. The number of para-hydroxylation sites is 2. The second-order valence-electron chi connectivity index (χ2n) is 5.24. The maximum atomic E-state index is 11.4. The molecule has 0 fully saturated rings. The molecule has 1 atom stereocenters. The lowest BCUT2D eigenvalue weighted by Gasteiger charge is -2.13. The van der Waals surface area contributed by atoms with Gasteiger partial charge in [0.1, 0.15) is 0 Å². The van der Waals surface area contributed by atoms with Crippen LogP contribution < -0.4 is 0 Å². The first-order chi connectivity index (χ1) is 10.4. The van der Waals surface area contributed by atoms with Crippen molar-refractivity contribution >= 4 is 20.9 Å². The van der Waals surface area contributed by atoms with E-state index in [2.05, 4.69) is 4.98 Å². The lowest BCUT2D eigenvalue weighted by atomic mass is 10.1. The van der Waals surface area contributed by atoms with Crippen LogP contribution in [0.2, 0.25) is 0 Å². The number of nitrogens with zero attached hydrogens (tertiary/aromatic N) is 2. The van der Waals surface area contributed by atoms with Crippen molar-refractivity contribution in [2.24, 2.45) is 0 Å². The molecule has 22 heavy (non-hydrogen) atoms. The molecule has 0 spiro atoms. The summed E-state index contributed by atoms with van der Waals surface area (Å²) in [4.78, 5) is 4.53. The van der Waals surface area contributed by atoms with Gasteiger partial charge in [-0.25, -0.2) is 13.4 Å². The number of aromatic nitrogens is 2. The van der Waals surface area contributed by atoms with Gasteiger partial charge in [0.15, 0.2) is 9.84 Å². The summed E-state index contributed by atoms with van der Waals surface area (Å²) in [5, 5.41) is 10.3. The van der Waals surface area contributed by atoms with Gasteiger partial charge in [-0.1, -0.05) is 24.3 Å². The average Bonchev–Trinajstić information content (AvgIpc) is 2.90. The number of rotatable bonds is 4. The van der Waals surface area contributed by atoms with Crippen molar-refractivity contribution < 1.29 is 13.5 Å². The van der Waals surface area contributed by atoms with Crippen molar-refractivity contribution in [3.05, 3.63) is 60.4 Å². The van der Waals surface area contributed by atoms with E-state index >= 15 is 0 Å². The Hall–Kier alpha value is -2.18. The minimum atomic E-state index is -3.22. The molecule has 3 rings (SSSR count). The molecule has 6 heteroatoms. The van der Waals surface area contributed by atoms with Gasteiger partial charge in [-0.05, 0) is 29.8 Å². The third-order valence-electron chi connectivity index (χ3n) is 3.59. The SMILES string of the molecule is CS(=O)(=O)c1ccc(C(O)Cn2cnc3ccccc32)cc1. The van der Waals surface area contributed by atoms with E-state index in [-0.39, 0.29) is 4.90 Å². The number of aliphatic hydroxyl groups is 1. The second-order valence-corrected chi connectivity index (χ2v) is 7.26. The molecule has 1 aromatic heterocycles. The van der Waals surface area contributed by atoms with Gasteiger partial charge in [0.05, 0.1) is 34.9 Å². The molecule has 1 unspecified atom stereocenters. The van der Waals surface area contributed by atoms with Crippen molar-refractivity contribution in [2.45, 2.75) is 17.5 Å². The van der Waals surface area contributed by atoms with Crippen LogP contribution in [0, 0.1) is 0 Å². The van der Waals surface area contributed by atoms with Crippen molar-refractivity contribution in [2.75, 3.05) is 6.26 Å². The van der Waals surface area contributed by atoms with Crippen LogP contribution in [0.25, 0.3) is 11.0 Å². The molecule has 3 aromatic rings. The monoisotopic (exact) mass is 316 g/mol. The summed E-state index contributed by atoms with van der Waals surface area (Å²) < 4.78 is 24.8. The quantitative estimate of drug-likeness (QED) is 0.801. The van der Waals surface area contributed by atoms with Crippen LogP contribution in [0.3, 0.4) is 0 Å². The van der Waals surface area contributed by atoms with Crippen LogP contribution >= 0.6 is 0 Å². The number of benzene rings is 2. The van der Waals surface area contributed by atoms with Gasteiger partial charge in [0.2, 0.25) is 0 Å². The van der Waals surface area contributed by atoms with E-state index in [0.717, 1.165) is 17.3 Å². The summed E-state index contributed by atoms with van der Waals surface area (Å²) in [5.41, 5.74) is 2.50. The molecule has 0 bridgehead atoms. The normalized spacial score (nSPS) is 13.4. The molecule has 0 aliphatic heterocycles. The highest BCUT2D eigenvalue weighted by molar-refractivity contribution is 7.90. The molecule has 1 heterocycles. The van der Waals surface area contributed by atoms with Crippen LogP contribution in [0.4, 0.5) is 0 Å². The van der Waals surface area contributed by atoms with Crippen molar-refractivity contribution in [3.63, 3.8) is 0 Å². The van der Waals surface area contributed by atoms with Crippen LogP contribution in [-0.4, -0.2) is 29.3 Å². The molecule has 0 amide bonds. The zero-order chi connectivity index (χ0) is 15.7. The predicted octanol–water partition coefficient (Wildman–Crippen LogP) is 2.17. The zero-order valence-corrected chi connectivity index (χ0v) is 12.9. The van der Waals surface area contributed by atoms with Gasteiger partial charge in [-0.15, -0.1) is 0 Å². The number of aliphatic hydroxyl groups excluding tert-OH is 1. The largest absolute Gasteiger partial charge is 0.387 e. The summed E-state index contributed by atoms with van der Waals surface area (Å²) >= 11 is 0. The molecule has 114 valence electrons. The van der Waals surface area contributed by atoms with Crippen LogP contribution in [0.5, 0.6) is 0 Å². The van der Waals surface area contributed by atoms with Gasteiger partial charge in [0.25, 0.3) is 0 Å². The molecular formula is C16H16N2O3S. The minimum absolute atomic E-state index is 0.247. The molecule has 5 nitrogen and oxygen atoms in total. The smallest absolute Gasteiger partial charge is 0.175 e. The van der Waals surface area contributed by atoms with Crippen LogP contribution in [-0.2, 0) is 16.4 Å². The maximum absolute atomic E-state index is 11.4. The zero-order valence-electron chi connectivity index (χ0n) is 12.0. The maximum Gasteiger partial charge on any atom is 0.175 e. The van der Waals surface area contributed by atoms with Crippen molar-refractivity contribution in [1.82, 2.24) is 9.55 Å². The Balaban J connectivity index is 1.84. The van der Waals surface area contributed by atoms with Gasteiger partial charge in [-0.2, -0.15) is 0 Å². The van der Waals surface area contributed by atoms with E-state index in [4.69, 9.17) is 0 Å². The molecule has 0 radical (unpaired) electrons. The molecular weight excluding hydrogens is 300 g/mol. The highest BCUT2D eigenvalue weighted by atomic mass is 32.2. The summed E-state index contributed by atoms with van der Waals surface area (Å²) in [6.07, 6.45) is 2.13. The first-order valence-electron chi connectivity index (χ1n) is 6.83. The number of imidazole rings is 1. The van der Waals surface area contributed by atoms with Gasteiger partial charge < -0.3 is 9.67 Å². The molecule has 1 N–H and O–H groups in total. The first-order valence-corrected chi connectivity index (χ1v) is 8.72. The summed E-state index contributed by atoms with van der Waals surface area (Å²) in [5.74, 6) is 0. The molecule has 0 aliphatic rings. The Morgan fingerprint density at radius 1 is 1.14 bits per heavy atom. The number of hydrogen-bond acceptors (Lipinski definition) is 4. The van der Waals surface area contributed by atoms with Gasteiger partial charge in [0, 0.05) is 6.26 Å². The fourth-order valence-electron chi connectivity index (χ4n) is 2.38. The fourth-order valence-corrected chi connectivity index (χ4v) is 3.02. The Kier molecular flexibility index (Phi) is 3.72. The summed E-state index contributed by atoms with van der Waals surface area (Å²) in [6, 6.07) is 14.0. The standard InChI is InChI=1S/C16H16N2O3S/c1-22(20,21)13-8-6-12(7-9-13)16(19)10-18-11-17-14-4-2-3-5-15(14)18/h2-9,11,16,19H,10H2,1H3. The lowest BCUT2D eigenvalue weighted by Crippen LogP contribution is -2.08.